The molecule has 0 aliphatic carbocycles. The van der Waals surface area contributed by atoms with Crippen LogP contribution in [0.3, 0.4) is 0 Å². The molecular weight excluding hydrogens is 297 g/mol. The Labute approximate surface area is 136 Å². The fourth-order valence-corrected chi connectivity index (χ4v) is 2.52. The minimum atomic E-state index is 0. The number of nitrogens with one attached hydrogen (secondary N) is 2. The first-order valence-electron chi connectivity index (χ1n) is 7.20. The third kappa shape index (κ3) is 8.30. The van der Waals surface area contributed by atoms with Crippen LogP contribution in [0.15, 0.2) is 0 Å². The Hall–Kier alpha value is -0.0300. The molecule has 1 rings (SSSR count). The topological polar surface area (TPSA) is 44.4 Å². The molecule has 122 valence electrons. The fraction of sp³-hybridized carbons (Fsp3) is 0.929. The Kier molecular flexibility index (Phi) is 12.9. The van der Waals surface area contributed by atoms with E-state index in [0.717, 1.165) is 38.4 Å². The van der Waals surface area contributed by atoms with Gasteiger partial charge in [-0.25, -0.2) is 0 Å². The van der Waals surface area contributed by atoms with Crippen molar-refractivity contribution >= 4 is 30.7 Å². The number of amides is 1. The van der Waals surface area contributed by atoms with E-state index >= 15 is 0 Å². The first-order valence-corrected chi connectivity index (χ1v) is 7.20. The van der Waals surface area contributed by atoms with Crippen LogP contribution in [-0.2, 0) is 4.79 Å². The van der Waals surface area contributed by atoms with Crippen molar-refractivity contribution in [2.45, 2.75) is 39.7 Å². The van der Waals surface area contributed by atoms with Gasteiger partial charge in [0.15, 0.2) is 0 Å². The molecule has 1 aliphatic heterocycles. The summed E-state index contributed by atoms with van der Waals surface area (Å²) < 4.78 is 0. The average Bonchev–Trinajstić information content (AvgIpc) is 2.31. The minimum Gasteiger partial charge on any atom is -0.353 e. The second-order valence-electron chi connectivity index (χ2n) is 5.94. The molecule has 0 bridgehead atoms. The molecule has 1 atom stereocenters. The molecule has 0 saturated carbocycles. The van der Waals surface area contributed by atoms with Crippen molar-refractivity contribution in [3.8, 4) is 0 Å². The van der Waals surface area contributed by atoms with Crippen LogP contribution in [0, 0.1) is 11.8 Å². The van der Waals surface area contributed by atoms with Crippen LogP contribution in [0.4, 0.5) is 0 Å². The van der Waals surface area contributed by atoms with Crippen molar-refractivity contribution in [3.63, 3.8) is 0 Å². The standard InChI is InChI=1S/C14H29N3O.2ClH/c1-11(2)10-17-7-5-13(6-8-17)16-14(18)12(3)9-15-4;;/h11-13,15H,5-10H2,1-4H3,(H,16,18);2*1H. The predicted molar refractivity (Wildman–Crippen MR) is 90.0 cm³/mol. The number of likely N-dealkylation sites (tertiary alicyclic amines) is 1. The molecule has 1 amide bonds. The summed E-state index contributed by atoms with van der Waals surface area (Å²) in [5.41, 5.74) is 0. The Bertz CT molecular complexity index is 257. The number of carbonyl (C=O) groups excluding carboxylic acids is 1. The molecular formula is C14H31Cl2N3O. The summed E-state index contributed by atoms with van der Waals surface area (Å²) in [6.45, 7) is 10.6. The molecule has 0 radical (unpaired) electrons. The molecule has 1 heterocycles. The summed E-state index contributed by atoms with van der Waals surface area (Å²) in [4.78, 5) is 14.4. The number of hydrogen-bond acceptors (Lipinski definition) is 3. The smallest absolute Gasteiger partial charge is 0.224 e. The number of piperidine rings is 1. The van der Waals surface area contributed by atoms with E-state index in [1.807, 2.05) is 14.0 Å². The lowest BCUT2D eigenvalue weighted by Crippen LogP contribution is -2.47. The van der Waals surface area contributed by atoms with E-state index in [1.54, 1.807) is 0 Å². The molecule has 0 spiro atoms. The van der Waals surface area contributed by atoms with E-state index in [2.05, 4.69) is 29.4 Å². The zero-order valence-electron chi connectivity index (χ0n) is 13.1. The molecule has 1 fully saturated rings. The molecule has 4 nitrogen and oxygen atoms in total. The zero-order valence-corrected chi connectivity index (χ0v) is 14.8. The normalized spacial score (nSPS) is 18.1. The van der Waals surface area contributed by atoms with Crippen LogP contribution < -0.4 is 10.6 Å². The monoisotopic (exact) mass is 327 g/mol. The van der Waals surface area contributed by atoms with Crippen LogP contribution in [-0.4, -0.2) is 50.1 Å². The predicted octanol–water partition coefficient (Wildman–Crippen LogP) is 1.92. The largest absolute Gasteiger partial charge is 0.353 e. The van der Waals surface area contributed by atoms with Gasteiger partial charge >= 0.3 is 0 Å². The molecule has 20 heavy (non-hydrogen) atoms. The van der Waals surface area contributed by atoms with Gasteiger partial charge < -0.3 is 15.5 Å². The summed E-state index contributed by atoms with van der Waals surface area (Å²) in [7, 11) is 1.88. The van der Waals surface area contributed by atoms with Gasteiger partial charge in [-0.05, 0) is 25.8 Å². The Morgan fingerprint density at radius 2 is 1.75 bits per heavy atom. The van der Waals surface area contributed by atoms with E-state index in [0.29, 0.717) is 6.04 Å². The van der Waals surface area contributed by atoms with Gasteiger partial charge in [0.25, 0.3) is 0 Å². The third-order valence-corrected chi connectivity index (χ3v) is 3.52. The molecule has 0 aromatic heterocycles. The quantitative estimate of drug-likeness (QED) is 0.783. The minimum absolute atomic E-state index is 0. The highest BCUT2D eigenvalue weighted by Gasteiger charge is 2.22. The summed E-state index contributed by atoms with van der Waals surface area (Å²) in [5.74, 6) is 0.974. The molecule has 1 unspecified atom stereocenters. The van der Waals surface area contributed by atoms with Crippen LogP contribution in [0.2, 0.25) is 0 Å². The average molecular weight is 328 g/mol. The van der Waals surface area contributed by atoms with E-state index < -0.39 is 0 Å². The molecule has 0 aromatic carbocycles. The van der Waals surface area contributed by atoms with Crippen LogP contribution >= 0.6 is 24.8 Å². The van der Waals surface area contributed by atoms with Gasteiger partial charge in [-0.3, -0.25) is 4.79 Å². The van der Waals surface area contributed by atoms with E-state index in [1.165, 1.54) is 6.54 Å². The lowest BCUT2D eigenvalue weighted by atomic mass is 10.0. The second kappa shape index (κ2) is 11.6. The van der Waals surface area contributed by atoms with Gasteiger partial charge in [-0.15, -0.1) is 24.8 Å². The fourth-order valence-electron chi connectivity index (χ4n) is 2.52. The maximum atomic E-state index is 11.9. The maximum absolute atomic E-state index is 11.9. The number of carbonyl (C=O) groups is 1. The summed E-state index contributed by atoms with van der Waals surface area (Å²) in [6.07, 6.45) is 2.18. The SMILES string of the molecule is CNCC(C)C(=O)NC1CCN(CC(C)C)CC1.Cl.Cl. The van der Waals surface area contributed by atoms with Gasteiger partial charge in [-0.2, -0.15) is 0 Å². The number of rotatable bonds is 6. The summed E-state index contributed by atoms with van der Waals surface area (Å²) in [6, 6.07) is 0.375. The van der Waals surface area contributed by atoms with Gasteiger partial charge in [0, 0.05) is 38.1 Å². The second-order valence-corrected chi connectivity index (χ2v) is 5.94. The molecule has 6 heteroatoms. The van der Waals surface area contributed by atoms with E-state index in [4.69, 9.17) is 0 Å². The van der Waals surface area contributed by atoms with Crippen molar-refractivity contribution < 1.29 is 4.79 Å². The zero-order chi connectivity index (χ0) is 13.5. The van der Waals surface area contributed by atoms with E-state index in [-0.39, 0.29) is 36.6 Å². The van der Waals surface area contributed by atoms with Crippen LogP contribution in [0.5, 0.6) is 0 Å². The summed E-state index contributed by atoms with van der Waals surface area (Å²) in [5, 5.41) is 6.22. The van der Waals surface area contributed by atoms with Gasteiger partial charge in [-0.1, -0.05) is 20.8 Å². The highest BCUT2D eigenvalue weighted by atomic mass is 35.5. The van der Waals surface area contributed by atoms with Crippen molar-refractivity contribution in [1.29, 1.82) is 0 Å². The molecule has 1 aliphatic rings. The van der Waals surface area contributed by atoms with Crippen molar-refractivity contribution in [3.05, 3.63) is 0 Å². The molecule has 1 saturated heterocycles. The van der Waals surface area contributed by atoms with E-state index in [9.17, 15) is 4.79 Å². The number of hydrogen-bond donors (Lipinski definition) is 2. The van der Waals surface area contributed by atoms with Gasteiger partial charge in [0.1, 0.15) is 0 Å². The lowest BCUT2D eigenvalue weighted by molar-refractivity contribution is -0.125. The van der Waals surface area contributed by atoms with Crippen molar-refractivity contribution in [2.75, 3.05) is 33.2 Å². The van der Waals surface area contributed by atoms with Crippen molar-refractivity contribution in [1.82, 2.24) is 15.5 Å². The highest BCUT2D eigenvalue weighted by Crippen LogP contribution is 2.12. The van der Waals surface area contributed by atoms with Crippen LogP contribution in [0.1, 0.15) is 33.6 Å². The maximum Gasteiger partial charge on any atom is 0.224 e. The van der Waals surface area contributed by atoms with Crippen molar-refractivity contribution in [2.24, 2.45) is 11.8 Å². The molecule has 0 aromatic rings. The Morgan fingerprint density at radius 3 is 2.20 bits per heavy atom. The Balaban J connectivity index is 0. The van der Waals surface area contributed by atoms with Crippen LogP contribution in [0.25, 0.3) is 0 Å². The summed E-state index contributed by atoms with van der Waals surface area (Å²) >= 11 is 0. The first-order chi connectivity index (χ1) is 8.52. The molecule has 2 N–H and O–H groups in total. The third-order valence-electron chi connectivity index (χ3n) is 3.52. The number of nitrogens with zero attached hydrogens (tertiary/aromatic N) is 1. The highest BCUT2D eigenvalue weighted by molar-refractivity contribution is 5.85. The van der Waals surface area contributed by atoms with Gasteiger partial charge in [0.2, 0.25) is 5.91 Å². The van der Waals surface area contributed by atoms with Gasteiger partial charge in [0.05, 0.1) is 0 Å². The number of halogens is 2. The lowest BCUT2D eigenvalue weighted by Gasteiger charge is -2.33. The Morgan fingerprint density at radius 1 is 1.20 bits per heavy atom. The first kappa shape index (κ1) is 22.3.